The molecule has 0 bridgehead atoms. The minimum atomic E-state index is -0.0393. The molecule has 0 saturated carbocycles. The Morgan fingerprint density at radius 1 is 0.917 bits per heavy atom. The number of hydrogen-bond donors (Lipinski definition) is 2. The van der Waals surface area contributed by atoms with E-state index in [0.29, 0.717) is 5.92 Å². The van der Waals surface area contributed by atoms with Gasteiger partial charge in [0.2, 0.25) is 0 Å². The van der Waals surface area contributed by atoms with E-state index < -0.39 is 0 Å². The van der Waals surface area contributed by atoms with Crippen LogP contribution >= 0.6 is 22.9 Å². The summed E-state index contributed by atoms with van der Waals surface area (Å²) >= 11 is 8.56. The third-order valence-corrected chi connectivity index (χ3v) is 8.67. The van der Waals surface area contributed by atoms with Gasteiger partial charge in [-0.05, 0) is 72.2 Å². The van der Waals surface area contributed by atoms with Crippen LogP contribution in [0.4, 0.5) is 0 Å². The van der Waals surface area contributed by atoms with Gasteiger partial charge in [0.15, 0.2) is 0 Å². The predicted octanol–water partition coefficient (Wildman–Crippen LogP) is 7.00. The van der Waals surface area contributed by atoms with E-state index in [2.05, 4.69) is 106 Å². The fourth-order valence-corrected chi connectivity index (χ4v) is 6.79. The normalized spacial score (nSPS) is 19.5. The lowest BCUT2D eigenvalue weighted by molar-refractivity contribution is 0.145. The topological polar surface area (TPSA) is 27.3 Å². The Hall–Kier alpha value is -2.21. The van der Waals surface area contributed by atoms with E-state index in [1.165, 1.54) is 39.6 Å². The van der Waals surface area contributed by atoms with E-state index in [1.807, 2.05) is 11.3 Å². The van der Waals surface area contributed by atoms with Crippen molar-refractivity contribution in [3.63, 3.8) is 0 Å². The molecule has 5 heteroatoms. The lowest BCUT2D eigenvalue weighted by Gasteiger charge is -2.39. The first-order valence-electron chi connectivity index (χ1n) is 13.2. The number of piperazine rings is 1. The van der Waals surface area contributed by atoms with Gasteiger partial charge in [0.1, 0.15) is 5.50 Å². The first-order chi connectivity index (χ1) is 17.8. The quantitative estimate of drug-likeness (QED) is 0.127. The number of unbranched alkanes of at least 4 members (excludes halogenated alkanes) is 1. The van der Waals surface area contributed by atoms with E-state index in [1.54, 1.807) is 0 Å². The van der Waals surface area contributed by atoms with Crippen molar-refractivity contribution in [3.8, 4) is 0 Å². The van der Waals surface area contributed by atoms with Gasteiger partial charge in [-0.15, -0.1) is 22.9 Å². The summed E-state index contributed by atoms with van der Waals surface area (Å²) in [6.45, 7) is 5.16. The number of benzene rings is 3. The molecule has 36 heavy (non-hydrogen) atoms. The highest BCUT2D eigenvalue weighted by Gasteiger charge is 2.30. The molecular formula is C31H36ClN3S. The Labute approximate surface area is 224 Å². The number of nitrogens with one attached hydrogen (secondary N) is 2. The standard InChI is InChI=1S/C31H36ClN3S/c32-31-30(25-11-2-1-3-12-25)35(22-20-34-31)21-7-6-18-33-19-17-28(29-16-9-23-36-29)27-15-8-13-24-10-4-5-14-26(24)27/h1-5,8-16,23,28,30-31,33-34H,6-7,17-22H2. The van der Waals surface area contributed by atoms with Crippen LogP contribution in [-0.2, 0) is 0 Å². The molecule has 0 spiro atoms. The zero-order valence-electron chi connectivity index (χ0n) is 20.8. The van der Waals surface area contributed by atoms with E-state index >= 15 is 0 Å². The maximum atomic E-state index is 6.69. The Kier molecular flexibility index (Phi) is 9.08. The van der Waals surface area contributed by atoms with Crippen molar-refractivity contribution in [2.75, 3.05) is 32.7 Å². The lowest BCUT2D eigenvalue weighted by Crippen LogP contribution is -2.50. The SMILES string of the molecule is ClC1NCCN(CCCCNCCC(c2cccs2)c2cccc3ccccc23)C1c1ccccc1. The first kappa shape index (κ1) is 25.4. The molecular weight excluding hydrogens is 482 g/mol. The maximum Gasteiger partial charge on any atom is 0.102 e. The van der Waals surface area contributed by atoms with Gasteiger partial charge >= 0.3 is 0 Å². The van der Waals surface area contributed by atoms with Gasteiger partial charge in [-0.25, -0.2) is 0 Å². The van der Waals surface area contributed by atoms with Gasteiger partial charge in [-0.2, -0.15) is 0 Å². The molecule has 1 aliphatic rings. The summed E-state index contributed by atoms with van der Waals surface area (Å²) in [5, 5.41) is 12.1. The largest absolute Gasteiger partial charge is 0.317 e. The van der Waals surface area contributed by atoms with Crippen molar-refractivity contribution in [1.82, 2.24) is 15.5 Å². The van der Waals surface area contributed by atoms with Crippen LogP contribution in [0.5, 0.6) is 0 Å². The average molecular weight is 518 g/mol. The molecule has 5 rings (SSSR count). The molecule has 3 unspecified atom stereocenters. The maximum absolute atomic E-state index is 6.69. The fraction of sp³-hybridized carbons (Fsp3) is 0.355. The summed E-state index contributed by atoms with van der Waals surface area (Å²) in [5.41, 5.74) is 2.71. The highest BCUT2D eigenvalue weighted by molar-refractivity contribution is 7.10. The minimum absolute atomic E-state index is 0.0393. The molecule has 0 amide bonds. The van der Waals surface area contributed by atoms with Gasteiger partial charge in [0.05, 0.1) is 6.04 Å². The van der Waals surface area contributed by atoms with Crippen molar-refractivity contribution < 1.29 is 0 Å². The second kappa shape index (κ2) is 12.8. The smallest absolute Gasteiger partial charge is 0.102 e. The summed E-state index contributed by atoms with van der Waals surface area (Å²) < 4.78 is 0. The van der Waals surface area contributed by atoms with Crippen LogP contribution in [-0.4, -0.2) is 43.1 Å². The van der Waals surface area contributed by atoms with Crippen LogP contribution in [0.25, 0.3) is 10.8 Å². The minimum Gasteiger partial charge on any atom is -0.317 e. The number of thiophene rings is 1. The van der Waals surface area contributed by atoms with Crippen molar-refractivity contribution in [1.29, 1.82) is 0 Å². The first-order valence-corrected chi connectivity index (χ1v) is 14.5. The third-order valence-electron chi connectivity index (χ3n) is 7.29. The van der Waals surface area contributed by atoms with Gasteiger partial charge in [-0.3, -0.25) is 10.2 Å². The summed E-state index contributed by atoms with van der Waals surface area (Å²) in [4.78, 5) is 4.01. The zero-order chi connectivity index (χ0) is 24.6. The second-order valence-electron chi connectivity index (χ2n) is 9.63. The number of alkyl halides is 1. The third kappa shape index (κ3) is 6.19. The number of fused-ring (bicyclic) bond motifs is 1. The second-order valence-corrected chi connectivity index (χ2v) is 11.1. The average Bonchev–Trinajstić information content (AvgIpc) is 3.45. The van der Waals surface area contributed by atoms with E-state index in [9.17, 15) is 0 Å². The number of hydrogen-bond acceptors (Lipinski definition) is 4. The van der Waals surface area contributed by atoms with Gasteiger partial charge in [0.25, 0.3) is 0 Å². The van der Waals surface area contributed by atoms with Gasteiger partial charge in [0, 0.05) is 23.9 Å². The van der Waals surface area contributed by atoms with Crippen molar-refractivity contribution in [2.45, 2.75) is 36.7 Å². The van der Waals surface area contributed by atoms with E-state index in [4.69, 9.17) is 11.6 Å². The van der Waals surface area contributed by atoms with Gasteiger partial charge in [-0.1, -0.05) is 78.9 Å². The van der Waals surface area contributed by atoms with E-state index in [0.717, 1.165) is 39.1 Å². The highest BCUT2D eigenvalue weighted by atomic mass is 35.5. The molecule has 4 aromatic rings. The molecule has 1 saturated heterocycles. The monoisotopic (exact) mass is 517 g/mol. The molecule has 0 radical (unpaired) electrons. The number of rotatable bonds is 11. The molecule has 3 aromatic carbocycles. The molecule has 1 fully saturated rings. The van der Waals surface area contributed by atoms with Crippen LogP contribution in [0.15, 0.2) is 90.3 Å². The van der Waals surface area contributed by atoms with Crippen LogP contribution in [0.3, 0.4) is 0 Å². The molecule has 3 nitrogen and oxygen atoms in total. The van der Waals surface area contributed by atoms with E-state index in [-0.39, 0.29) is 11.5 Å². The highest BCUT2D eigenvalue weighted by Crippen LogP contribution is 2.35. The fourth-order valence-electron chi connectivity index (χ4n) is 5.49. The summed E-state index contributed by atoms with van der Waals surface area (Å²) in [5.74, 6) is 0.428. The number of halogens is 1. The lowest BCUT2D eigenvalue weighted by atomic mass is 9.90. The summed E-state index contributed by atoms with van der Waals surface area (Å²) in [6, 6.07) is 30.9. The Bertz CT molecular complexity index is 1190. The van der Waals surface area contributed by atoms with Crippen LogP contribution in [0.1, 0.15) is 47.2 Å². The molecule has 188 valence electrons. The Morgan fingerprint density at radius 2 is 1.75 bits per heavy atom. The molecule has 3 atom stereocenters. The molecule has 0 aliphatic carbocycles. The Balaban J connectivity index is 1.12. The number of nitrogens with zero attached hydrogens (tertiary/aromatic N) is 1. The zero-order valence-corrected chi connectivity index (χ0v) is 22.4. The van der Waals surface area contributed by atoms with Crippen molar-refractivity contribution >= 4 is 33.7 Å². The van der Waals surface area contributed by atoms with Crippen molar-refractivity contribution in [3.05, 3.63) is 106 Å². The molecule has 2 heterocycles. The van der Waals surface area contributed by atoms with Crippen LogP contribution in [0.2, 0.25) is 0 Å². The summed E-state index contributed by atoms with van der Waals surface area (Å²) in [7, 11) is 0. The van der Waals surface area contributed by atoms with Gasteiger partial charge < -0.3 is 5.32 Å². The molecule has 2 N–H and O–H groups in total. The van der Waals surface area contributed by atoms with Crippen molar-refractivity contribution in [2.24, 2.45) is 0 Å². The summed E-state index contributed by atoms with van der Waals surface area (Å²) in [6.07, 6.45) is 3.46. The molecule has 1 aliphatic heterocycles. The Morgan fingerprint density at radius 3 is 2.61 bits per heavy atom. The molecule has 1 aromatic heterocycles. The van der Waals surface area contributed by atoms with Crippen LogP contribution < -0.4 is 10.6 Å². The van der Waals surface area contributed by atoms with Crippen LogP contribution in [0, 0.1) is 0 Å². The predicted molar refractivity (Wildman–Crippen MR) is 155 cm³/mol.